The second kappa shape index (κ2) is 8.22. The first-order valence-electron chi connectivity index (χ1n) is 8.39. The number of ether oxygens (including phenoxy) is 2. The summed E-state index contributed by atoms with van der Waals surface area (Å²) in [5, 5.41) is 3.08. The Balaban J connectivity index is 1.74. The molecule has 0 radical (unpaired) electrons. The number of benzene rings is 1. The summed E-state index contributed by atoms with van der Waals surface area (Å²) in [7, 11) is 0. The Morgan fingerprint density at radius 2 is 1.81 bits per heavy atom. The van der Waals surface area contributed by atoms with Crippen LogP contribution >= 0.6 is 0 Å². The summed E-state index contributed by atoms with van der Waals surface area (Å²) in [4.78, 5) is 28.5. The smallest absolute Gasteiger partial charge is 0.343 e. The van der Waals surface area contributed by atoms with Gasteiger partial charge in [-0.15, -0.1) is 0 Å². The third-order valence-electron chi connectivity index (χ3n) is 3.50. The van der Waals surface area contributed by atoms with Crippen molar-refractivity contribution in [2.24, 2.45) is 0 Å². The number of aryl methyl sites for hydroxylation is 2. The Bertz CT molecular complexity index is 924. The quantitative estimate of drug-likeness (QED) is 0.662. The zero-order valence-corrected chi connectivity index (χ0v) is 15.3. The zero-order chi connectivity index (χ0) is 19.2. The summed E-state index contributed by atoms with van der Waals surface area (Å²) in [6.07, 6.45) is 2.78. The van der Waals surface area contributed by atoms with Crippen LogP contribution in [0.15, 0.2) is 42.9 Å². The van der Waals surface area contributed by atoms with Crippen LogP contribution in [0.1, 0.15) is 28.7 Å². The van der Waals surface area contributed by atoms with Gasteiger partial charge >= 0.3 is 12.0 Å². The molecule has 0 aliphatic carbocycles. The zero-order valence-electron chi connectivity index (χ0n) is 15.3. The molecule has 3 aromatic rings. The van der Waals surface area contributed by atoms with Crippen LogP contribution in [0.2, 0.25) is 0 Å². The lowest BCUT2D eigenvalue weighted by Gasteiger charge is -2.10. The SMILES string of the molecule is CCOC(=O)c1cncnc1Nc1ccc(Oc2nc(C)cc(C)n2)cc1. The highest BCUT2D eigenvalue weighted by Crippen LogP contribution is 2.23. The minimum absolute atomic E-state index is 0.267. The van der Waals surface area contributed by atoms with Gasteiger partial charge in [-0.05, 0) is 51.1 Å². The normalized spacial score (nSPS) is 10.3. The summed E-state index contributed by atoms with van der Waals surface area (Å²) in [6.45, 7) is 5.79. The highest BCUT2D eigenvalue weighted by Gasteiger charge is 2.14. The van der Waals surface area contributed by atoms with Gasteiger partial charge in [0.05, 0.1) is 6.61 Å². The number of hydrogen-bond acceptors (Lipinski definition) is 8. The van der Waals surface area contributed by atoms with E-state index in [0.717, 1.165) is 17.1 Å². The van der Waals surface area contributed by atoms with Crippen LogP contribution in [0.4, 0.5) is 11.5 Å². The summed E-state index contributed by atoms with van der Waals surface area (Å²) < 4.78 is 10.7. The Kier molecular flexibility index (Phi) is 5.55. The van der Waals surface area contributed by atoms with Gasteiger partial charge in [0, 0.05) is 23.3 Å². The minimum atomic E-state index is -0.479. The van der Waals surface area contributed by atoms with Crippen LogP contribution in [0.5, 0.6) is 11.8 Å². The van der Waals surface area contributed by atoms with Crippen molar-refractivity contribution in [3.63, 3.8) is 0 Å². The van der Waals surface area contributed by atoms with Gasteiger partial charge in [0.15, 0.2) is 0 Å². The summed E-state index contributed by atoms with van der Waals surface area (Å²) in [5.41, 5.74) is 2.67. The highest BCUT2D eigenvalue weighted by atomic mass is 16.5. The molecule has 1 aromatic carbocycles. The molecular weight excluding hydrogens is 346 g/mol. The van der Waals surface area contributed by atoms with Gasteiger partial charge in [0.2, 0.25) is 0 Å². The van der Waals surface area contributed by atoms with Crippen LogP contribution in [0.25, 0.3) is 0 Å². The molecular formula is C19H19N5O3. The average Bonchev–Trinajstić information content (AvgIpc) is 2.63. The van der Waals surface area contributed by atoms with E-state index in [0.29, 0.717) is 17.6 Å². The van der Waals surface area contributed by atoms with Crippen molar-refractivity contribution in [1.82, 2.24) is 19.9 Å². The molecule has 0 unspecified atom stereocenters. The maximum atomic E-state index is 12.0. The third kappa shape index (κ3) is 4.75. The van der Waals surface area contributed by atoms with Crippen molar-refractivity contribution in [2.45, 2.75) is 20.8 Å². The largest absolute Gasteiger partial charge is 0.462 e. The molecule has 0 bridgehead atoms. The van der Waals surface area contributed by atoms with Gasteiger partial charge in [-0.3, -0.25) is 0 Å². The molecule has 0 aliphatic heterocycles. The maximum Gasteiger partial charge on any atom is 0.343 e. The standard InChI is InChI=1S/C19H19N5O3/c1-4-26-18(25)16-10-20-11-21-17(16)24-14-5-7-15(8-6-14)27-19-22-12(2)9-13(3)23-19/h5-11H,4H2,1-3H3,(H,20,21,24). The fourth-order valence-corrected chi connectivity index (χ4v) is 2.38. The third-order valence-corrected chi connectivity index (χ3v) is 3.50. The van der Waals surface area contributed by atoms with E-state index in [1.807, 2.05) is 19.9 Å². The summed E-state index contributed by atoms with van der Waals surface area (Å²) >= 11 is 0. The van der Waals surface area contributed by atoms with Crippen LogP contribution < -0.4 is 10.1 Å². The Labute approximate surface area is 156 Å². The molecule has 2 heterocycles. The van der Waals surface area contributed by atoms with E-state index in [-0.39, 0.29) is 12.2 Å². The van der Waals surface area contributed by atoms with Crippen molar-refractivity contribution in [3.05, 3.63) is 59.8 Å². The van der Waals surface area contributed by atoms with Gasteiger partial charge in [0.25, 0.3) is 0 Å². The first-order valence-corrected chi connectivity index (χ1v) is 8.39. The number of anilines is 2. The number of carbonyl (C=O) groups excluding carboxylic acids is 1. The number of aromatic nitrogens is 4. The van der Waals surface area contributed by atoms with E-state index < -0.39 is 5.97 Å². The monoisotopic (exact) mass is 365 g/mol. The number of nitrogens with one attached hydrogen (secondary N) is 1. The number of esters is 1. The molecule has 0 saturated carbocycles. The second-order valence-electron chi connectivity index (χ2n) is 5.69. The van der Waals surface area contributed by atoms with Crippen molar-refractivity contribution >= 4 is 17.5 Å². The minimum Gasteiger partial charge on any atom is -0.462 e. The fraction of sp³-hybridized carbons (Fsp3) is 0.211. The predicted octanol–water partition coefficient (Wildman–Crippen LogP) is 3.60. The van der Waals surface area contributed by atoms with Gasteiger partial charge in [-0.25, -0.2) is 24.7 Å². The number of hydrogen-bond donors (Lipinski definition) is 1. The van der Waals surface area contributed by atoms with Crippen LogP contribution in [-0.4, -0.2) is 32.5 Å². The molecule has 0 amide bonds. The molecule has 27 heavy (non-hydrogen) atoms. The van der Waals surface area contributed by atoms with Crippen molar-refractivity contribution in [3.8, 4) is 11.8 Å². The lowest BCUT2D eigenvalue weighted by Crippen LogP contribution is -2.09. The molecule has 0 fully saturated rings. The number of carbonyl (C=O) groups is 1. The lowest BCUT2D eigenvalue weighted by atomic mass is 10.2. The fourth-order valence-electron chi connectivity index (χ4n) is 2.38. The predicted molar refractivity (Wildman–Crippen MR) is 99.3 cm³/mol. The topological polar surface area (TPSA) is 99.1 Å². The first kappa shape index (κ1) is 18.2. The van der Waals surface area contributed by atoms with Crippen molar-refractivity contribution < 1.29 is 14.3 Å². The maximum absolute atomic E-state index is 12.0. The average molecular weight is 365 g/mol. The summed E-state index contributed by atoms with van der Waals surface area (Å²) in [6, 6.07) is 9.32. The van der Waals surface area contributed by atoms with E-state index in [2.05, 4.69) is 25.3 Å². The summed E-state index contributed by atoms with van der Waals surface area (Å²) in [5.74, 6) is 0.487. The van der Waals surface area contributed by atoms with Crippen LogP contribution in [-0.2, 0) is 4.74 Å². The molecule has 0 aliphatic rings. The Hall–Kier alpha value is -3.55. The number of nitrogens with zero attached hydrogens (tertiary/aromatic N) is 4. The molecule has 2 aromatic heterocycles. The lowest BCUT2D eigenvalue weighted by molar-refractivity contribution is 0.0526. The molecule has 138 valence electrons. The molecule has 8 heteroatoms. The Morgan fingerprint density at radius 3 is 2.48 bits per heavy atom. The van der Waals surface area contributed by atoms with Crippen molar-refractivity contribution in [2.75, 3.05) is 11.9 Å². The second-order valence-corrected chi connectivity index (χ2v) is 5.69. The van der Waals surface area contributed by atoms with E-state index in [9.17, 15) is 4.79 Å². The molecule has 3 rings (SSSR count). The van der Waals surface area contributed by atoms with Crippen LogP contribution in [0.3, 0.4) is 0 Å². The van der Waals surface area contributed by atoms with Gasteiger partial charge < -0.3 is 14.8 Å². The van der Waals surface area contributed by atoms with E-state index in [1.165, 1.54) is 12.5 Å². The van der Waals surface area contributed by atoms with Gasteiger partial charge in [0.1, 0.15) is 23.5 Å². The molecule has 0 atom stereocenters. The van der Waals surface area contributed by atoms with E-state index >= 15 is 0 Å². The molecule has 1 N–H and O–H groups in total. The molecule has 8 nitrogen and oxygen atoms in total. The van der Waals surface area contributed by atoms with E-state index in [1.54, 1.807) is 31.2 Å². The highest BCUT2D eigenvalue weighted by molar-refractivity contribution is 5.95. The molecule has 0 spiro atoms. The Morgan fingerprint density at radius 1 is 1.11 bits per heavy atom. The van der Waals surface area contributed by atoms with Gasteiger partial charge in [-0.1, -0.05) is 0 Å². The molecule has 0 saturated heterocycles. The first-order chi connectivity index (χ1) is 13.0. The van der Waals surface area contributed by atoms with Crippen LogP contribution in [0, 0.1) is 13.8 Å². The number of rotatable bonds is 6. The van der Waals surface area contributed by atoms with E-state index in [4.69, 9.17) is 9.47 Å². The van der Waals surface area contributed by atoms with Gasteiger partial charge in [-0.2, -0.15) is 0 Å². The van der Waals surface area contributed by atoms with Crippen molar-refractivity contribution in [1.29, 1.82) is 0 Å².